The molecule has 1 aromatic rings. The highest BCUT2D eigenvalue weighted by molar-refractivity contribution is 5.89. The van der Waals surface area contributed by atoms with Crippen LogP contribution in [0.1, 0.15) is 12.6 Å². The van der Waals surface area contributed by atoms with Crippen molar-refractivity contribution in [3.05, 3.63) is 11.9 Å². The zero-order valence-corrected chi connectivity index (χ0v) is 9.56. The third-order valence-corrected chi connectivity index (χ3v) is 1.85. The molecular formula is C9H14N4O4. The molecule has 0 saturated carbocycles. The third kappa shape index (κ3) is 4.11. The fraction of sp³-hybridized carbons (Fsp3) is 0.444. The summed E-state index contributed by atoms with van der Waals surface area (Å²) < 4.78 is 1.58. The van der Waals surface area contributed by atoms with Gasteiger partial charge in [-0.05, 0) is 6.42 Å². The van der Waals surface area contributed by atoms with Crippen LogP contribution in [0.2, 0.25) is 0 Å². The molecule has 1 heterocycles. The van der Waals surface area contributed by atoms with Gasteiger partial charge in [0, 0.05) is 13.2 Å². The topological polar surface area (TPSA) is 105 Å². The van der Waals surface area contributed by atoms with Crippen LogP contribution >= 0.6 is 0 Å². The first kappa shape index (κ1) is 13.0. The van der Waals surface area contributed by atoms with Gasteiger partial charge in [0.2, 0.25) is 0 Å². The number of nitrogens with one attached hydrogen (secondary N) is 2. The summed E-state index contributed by atoms with van der Waals surface area (Å²) in [6.07, 6.45) is 2.32. The standard InChI is InChI=1S/C9H14N4O4/c1-3-6-7(4-13(2)11-6)10-9(16)12-17-5-8(14)15/h4H,3,5H2,1-2H3,(H,14,15)(H2,10,12,16). The van der Waals surface area contributed by atoms with Crippen molar-refractivity contribution in [2.24, 2.45) is 7.05 Å². The molecule has 2 amide bonds. The van der Waals surface area contributed by atoms with Crippen molar-refractivity contribution in [3.63, 3.8) is 0 Å². The Morgan fingerprint density at radius 2 is 2.29 bits per heavy atom. The number of rotatable bonds is 5. The van der Waals surface area contributed by atoms with Gasteiger partial charge in [-0.15, -0.1) is 0 Å². The van der Waals surface area contributed by atoms with E-state index in [0.717, 1.165) is 5.69 Å². The maximum absolute atomic E-state index is 11.3. The molecule has 0 fully saturated rings. The molecule has 94 valence electrons. The van der Waals surface area contributed by atoms with Gasteiger partial charge >= 0.3 is 12.0 Å². The van der Waals surface area contributed by atoms with Gasteiger partial charge in [0.15, 0.2) is 6.61 Å². The highest BCUT2D eigenvalue weighted by Gasteiger charge is 2.09. The van der Waals surface area contributed by atoms with E-state index < -0.39 is 18.6 Å². The number of carboxylic acid groups (broad SMARTS) is 1. The van der Waals surface area contributed by atoms with E-state index in [1.54, 1.807) is 17.9 Å². The largest absolute Gasteiger partial charge is 0.479 e. The van der Waals surface area contributed by atoms with Gasteiger partial charge in [0.25, 0.3) is 0 Å². The Morgan fingerprint density at radius 3 is 2.88 bits per heavy atom. The number of hydrogen-bond donors (Lipinski definition) is 3. The first-order valence-electron chi connectivity index (χ1n) is 4.96. The second kappa shape index (κ2) is 5.85. The molecule has 3 N–H and O–H groups in total. The summed E-state index contributed by atoms with van der Waals surface area (Å²) in [5, 5.41) is 14.9. The van der Waals surface area contributed by atoms with Crippen LogP contribution in [0.3, 0.4) is 0 Å². The first-order valence-corrected chi connectivity index (χ1v) is 4.96. The zero-order chi connectivity index (χ0) is 12.8. The van der Waals surface area contributed by atoms with Crippen molar-refractivity contribution >= 4 is 17.7 Å². The van der Waals surface area contributed by atoms with Crippen LogP contribution in [0.15, 0.2) is 6.20 Å². The van der Waals surface area contributed by atoms with Crippen molar-refractivity contribution in [2.45, 2.75) is 13.3 Å². The molecule has 8 nitrogen and oxygen atoms in total. The number of carbonyl (C=O) groups is 2. The number of carboxylic acids is 1. The molecular weight excluding hydrogens is 228 g/mol. The van der Waals surface area contributed by atoms with Crippen LogP contribution < -0.4 is 10.8 Å². The number of anilines is 1. The molecule has 17 heavy (non-hydrogen) atoms. The van der Waals surface area contributed by atoms with Crippen LogP contribution in [-0.4, -0.2) is 33.5 Å². The Kier molecular flexibility index (Phi) is 4.46. The first-order chi connectivity index (χ1) is 8.02. The summed E-state index contributed by atoms with van der Waals surface area (Å²) in [6.45, 7) is 1.31. The van der Waals surface area contributed by atoms with Gasteiger partial charge in [-0.25, -0.2) is 15.1 Å². The number of aliphatic carboxylic acids is 1. The average molecular weight is 242 g/mol. The summed E-state index contributed by atoms with van der Waals surface area (Å²) in [5.74, 6) is -1.17. The van der Waals surface area contributed by atoms with E-state index in [1.165, 1.54) is 0 Å². The zero-order valence-electron chi connectivity index (χ0n) is 9.56. The van der Waals surface area contributed by atoms with E-state index in [1.807, 2.05) is 12.4 Å². The molecule has 1 aromatic heterocycles. The molecule has 0 aliphatic carbocycles. The van der Waals surface area contributed by atoms with Crippen molar-refractivity contribution in [1.82, 2.24) is 15.3 Å². The van der Waals surface area contributed by atoms with Crippen LogP contribution in [-0.2, 0) is 23.1 Å². The van der Waals surface area contributed by atoms with Crippen LogP contribution in [0, 0.1) is 0 Å². The summed E-state index contributed by atoms with van der Waals surface area (Å²) in [6, 6.07) is -0.644. The highest BCUT2D eigenvalue weighted by atomic mass is 16.7. The van der Waals surface area contributed by atoms with E-state index in [4.69, 9.17) is 5.11 Å². The van der Waals surface area contributed by atoms with Crippen molar-refractivity contribution in [2.75, 3.05) is 11.9 Å². The van der Waals surface area contributed by atoms with E-state index in [2.05, 4.69) is 15.3 Å². The molecule has 0 unspecified atom stereocenters. The molecule has 0 spiro atoms. The van der Waals surface area contributed by atoms with E-state index in [9.17, 15) is 9.59 Å². The monoisotopic (exact) mass is 242 g/mol. The number of nitrogens with zero attached hydrogens (tertiary/aromatic N) is 2. The second-order valence-corrected chi connectivity index (χ2v) is 3.26. The average Bonchev–Trinajstić information content (AvgIpc) is 2.58. The van der Waals surface area contributed by atoms with Gasteiger partial charge in [-0.3, -0.25) is 9.52 Å². The maximum atomic E-state index is 11.3. The number of aryl methyl sites for hydroxylation is 2. The Labute approximate surface area is 97.5 Å². The van der Waals surface area contributed by atoms with Crippen molar-refractivity contribution in [1.29, 1.82) is 0 Å². The van der Waals surface area contributed by atoms with Gasteiger partial charge in [-0.1, -0.05) is 6.92 Å². The lowest BCUT2D eigenvalue weighted by atomic mass is 10.3. The second-order valence-electron chi connectivity index (χ2n) is 3.26. The normalized spacial score (nSPS) is 10.0. The van der Waals surface area contributed by atoms with E-state index >= 15 is 0 Å². The number of carbonyl (C=O) groups excluding carboxylic acids is 1. The summed E-state index contributed by atoms with van der Waals surface area (Å²) in [7, 11) is 1.74. The van der Waals surface area contributed by atoms with Gasteiger partial charge in [-0.2, -0.15) is 5.10 Å². The molecule has 0 atom stereocenters. The Morgan fingerprint density at radius 1 is 1.59 bits per heavy atom. The minimum Gasteiger partial charge on any atom is -0.479 e. The fourth-order valence-corrected chi connectivity index (χ4v) is 1.21. The van der Waals surface area contributed by atoms with Crippen molar-refractivity contribution in [3.8, 4) is 0 Å². The molecule has 0 aliphatic heterocycles. The Bertz CT molecular complexity index is 415. The predicted octanol–water partition coefficient (Wildman–Crippen LogP) is 0.120. The fourth-order valence-electron chi connectivity index (χ4n) is 1.21. The van der Waals surface area contributed by atoms with Gasteiger partial charge in [0.05, 0.1) is 11.4 Å². The smallest absolute Gasteiger partial charge is 0.343 e. The number of hydroxylamine groups is 1. The number of aromatic nitrogens is 2. The summed E-state index contributed by atoms with van der Waals surface area (Å²) >= 11 is 0. The lowest BCUT2D eigenvalue weighted by Gasteiger charge is -2.05. The summed E-state index contributed by atoms with van der Waals surface area (Å²) in [5.41, 5.74) is 3.25. The Balaban J connectivity index is 2.47. The molecule has 0 bridgehead atoms. The summed E-state index contributed by atoms with van der Waals surface area (Å²) in [4.78, 5) is 25.8. The number of hydrogen-bond acceptors (Lipinski definition) is 4. The molecule has 1 rings (SSSR count). The van der Waals surface area contributed by atoms with Crippen LogP contribution in [0.25, 0.3) is 0 Å². The predicted molar refractivity (Wildman–Crippen MR) is 58.3 cm³/mol. The number of urea groups is 1. The van der Waals surface area contributed by atoms with E-state index in [-0.39, 0.29) is 0 Å². The van der Waals surface area contributed by atoms with Gasteiger partial charge in [0.1, 0.15) is 0 Å². The lowest BCUT2D eigenvalue weighted by molar-refractivity contribution is -0.143. The quantitative estimate of drug-likeness (QED) is 0.636. The number of amides is 2. The molecule has 8 heteroatoms. The molecule has 0 radical (unpaired) electrons. The van der Waals surface area contributed by atoms with E-state index in [0.29, 0.717) is 12.1 Å². The molecule has 0 aliphatic rings. The maximum Gasteiger partial charge on any atom is 0.343 e. The minimum absolute atomic E-state index is 0.562. The van der Waals surface area contributed by atoms with Crippen molar-refractivity contribution < 1.29 is 19.5 Å². The van der Waals surface area contributed by atoms with Crippen LogP contribution in [0.4, 0.5) is 10.5 Å². The molecule has 0 aromatic carbocycles. The Hall–Kier alpha value is -2.09. The lowest BCUT2D eigenvalue weighted by Crippen LogP contribution is -2.31. The molecule has 0 saturated heterocycles. The SMILES string of the molecule is CCc1nn(C)cc1NC(=O)NOCC(=O)O. The third-order valence-electron chi connectivity index (χ3n) is 1.85. The van der Waals surface area contributed by atoms with Gasteiger partial charge < -0.3 is 10.4 Å². The highest BCUT2D eigenvalue weighted by Crippen LogP contribution is 2.12. The minimum atomic E-state index is -1.17. The van der Waals surface area contributed by atoms with Crippen LogP contribution in [0.5, 0.6) is 0 Å².